The summed E-state index contributed by atoms with van der Waals surface area (Å²) in [6.07, 6.45) is 7.06. The number of hydrogen-bond acceptors (Lipinski definition) is 17. The minimum absolute atomic E-state index is 0.0422. The fraction of sp³-hybridized carbons (Fsp3) is 0.632. The Morgan fingerprint density at radius 1 is 0.797 bits per heavy atom. The number of aliphatic hydroxyl groups excluding tert-OH is 1. The summed E-state index contributed by atoms with van der Waals surface area (Å²) in [5, 5.41) is 46.4. The molecule has 9 N–H and O–H groups in total. The maximum Gasteiger partial charge on any atom is 0.329 e. The van der Waals surface area contributed by atoms with E-state index in [0.717, 1.165) is 63.4 Å². The third kappa shape index (κ3) is 19.9. The van der Waals surface area contributed by atoms with Crippen molar-refractivity contribution in [1.29, 1.82) is 0 Å². The van der Waals surface area contributed by atoms with Gasteiger partial charge in [0.15, 0.2) is 0 Å². The molecule has 2 aromatic rings. The molecule has 1 saturated heterocycles. The second-order valence-electron chi connectivity index (χ2n) is 21.6. The Morgan fingerprint density at radius 3 is 1.89 bits per heavy atom. The highest BCUT2D eigenvalue weighted by Gasteiger charge is 2.56. The molecule has 2 aliphatic carbocycles. The fourth-order valence-corrected chi connectivity index (χ4v) is 11.4. The number of methoxy groups -OCH3 is 2. The average molecular weight is 1110 g/mol. The summed E-state index contributed by atoms with van der Waals surface area (Å²) in [6.45, 7) is 14.2. The van der Waals surface area contributed by atoms with E-state index in [1.54, 1.807) is 28.0 Å². The van der Waals surface area contributed by atoms with Crippen LogP contribution in [0.15, 0.2) is 53.2 Å². The number of nitrogens with one attached hydrogen (secondary N) is 3. The van der Waals surface area contributed by atoms with E-state index in [2.05, 4.69) is 47.7 Å². The molecule has 1 aliphatic heterocycles. The van der Waals surface area contributed by atoms with Gasteiger partial charge in [-0.3, -0.25) is 38.8 Å². The second-order valence-corrected chi connectivity index (χ2v) is 21.6. The lowest BCUT2D eigenvalue weighted by Crippen LogP contribution is -2.67. The molecule has 440 valence electrons. The first-order chi connectivity index (χ1) is 37.8. The lowest BCUT2D eigenvalue weighted by Gasteiger charge is -2.52. The second kappa shape index (κ2) is 32.8. The maximum absolute atomic E-state index is 14.2. The summed E-state index contributed by atoms with van der Waals surface area (Å²) in [5.41, 5.74) is 8.25. The van der Waals surface area contributed by atoms with Gasteiger partial charge in [-0.2, -0.15) is 0 Å². The summed E-state index contributed by atoms with van der Waals surface area (Å²) in [5.74, 6) is -2.61. The fourth-order valence-electron chi connectivity index (χ4n) is 11.4. The first-order valence-corrected chi connectivity index (χ1v) is 27.6. The molecular formula is C57H90N10O12. The number of aliphatic imine (C=N–C) groups is 1. The highest BCUT2D eigenvalue weighted by Crippen LogP contribution is 2.50. The van der Waals surface area contributed by atoms with E-state index in [1.165, 1.54) is 20.3 Å². The van der Waals surface area contributed by atoms with Gasteiger partial charge in [-0.05, 0) is 130 Å². The first kappa shape index (κ1) is 65.3. The number of carbonyl (C=O) groups is 6. The van der Waals surface area contributed by atoms with E-state index in [0.29, 0.717) is 119 Å². The van der Waals surface area contributed by atoms with Crippen LogP contribution in [-0.2, 0) is 28.8 Å². The molecule has 22 heteroatoms. The molecular weight excluding hydrogens is 1020 g/mol. The van der Waals surface area contributed by atoms with Crippen LogP contribution in [-0.4, -0.2) is 225 Å². The zero-order valence-electron chi connectivity index (χ0n) is 47.9. The van der Waals surface area contributed by atoms with Crippen LogP contribution in [0.2, 0.25) is 0 Å². The van der Waals surface area contributed by atoms with Crippen LogP contribution >= 0.6 is 0 Å². The van der Waals surface area contributed by atoms with Crippen molar-refractivity contribution in [2.24, 2.45) is 34.4 Å². The minimum Gasteiger partial charge on any atom is -0.496 e. The summed E-state index contributed by atoms with van der Waals surface area (Å²) < 4.78 is 11.6. The molecule has 5 unspecified atom stereocenters. The number of aldehydes is 1. The summed E-state index contributed by atoms with van der Waals surface area (Å²) in [7, 11) is 6.11. The summed E-state index contributed by atoms with van der Waals surface area (Å²) in [4.78, 5) is 89.9. The lowest BCUT2D eigenvalue weighted by atomic mass is 9.56. The molecule has 0 aromatic heterocycles. The highest BCUT2D eigenvalue weighted by atomic mass is 16.5. The van der Waals surface area contributed by atoms with Gasteiger partial charge in [0, 0.05) is 78.2 Å². The predicted molar refractivity (Wildman–Crippen MR) is 304 cm³/mol. The molecule has 2 bridgehead atoms. The van der Waals surface area contributed by atoms with E-state index in [4.69, 9.17) is 25.3 Å². The molecule has 3 aliphatic rings. The smallest absolute Gasteiger partial charge is 0.329 e. The summed E-state index contributed by atoms with van der Waals surface area (Å²) >= 11 is 0. The molecule has 2 saturated carbocycles. The largest absolute Gasteiger partial charge is 0.496 e. The van der Waals surface area contributed by atoms with Crippen molar-refractivity contribution in [2.75, 3.05) is 138 Å². The normalized spacial score (nSPS) is 22.1. The molecule has 2 amide bonds. The lowest BCUT2D eigenvalue weighted by molar-refractivity contribution is -0.158. The number of carboxylic acid groups (broad SMARTS) is 3. The van der Waals surface area contributed by atoms with E-state index < -0.39 is 29.4 Å². The van der Waals surface area contributed by atoms with Crippen LogP contribution in [0.1, 0.15) is 83.3 Å². The number of nitrogens with two attached hydrogens (primary N) is 1. The van der Waals surface area contributed by atoms with Crippen molar-refractivity contribution in [1.82, 2.24) is 35.1 Å². The monoisotopic (exact) mass is 1110 g/mol. The number of aliphatic carboxylic acids is 3. The van der Waals surface area contributed by atoms with E-state index >= 15 is 0 Å². The van der Waals surface area contributed by atoms with E-state index in [9.17, 15) is 44.1 Å². The van der Waals surface area contributed by atoms with Gasteiger partial charge in [0.25, 0.3) is 5.91 Å². The molecule has 0 spiro atoms. The van der Waals surface area contributed by atoms with E-state index in [1.807, 2.05) is 35.9 Å². The van der Waals surface area contributed by atoms with Crippen LogP contribution in [0.4, 0.5) is 11.4 Å². The van der Waals surface area contributed by atoms with Gasteiger partial charge in [-0.15, -0.1) is 0 Å². The summed E-state index contributed by atoms with van der Waals surface area (Å²) in [6, 6.07) is 11.3. The van der Waals surface area contributed by atoms with Crippen molar-refractivity contribution in [2.45, 2.75) is 77.7 Å². The molecule has 2 aromatic carbocycles. The number of carbonyl (C=O) groups excluding carboxylic acids is 3. The van der Waals surface area contributed by atoms with Crippen LogP contribution in [0.3, 0.4) is 0 Å². The minimum atomic E-state index is -1.46. The van der Waals surface area contributed by atoms with Gasteiger partial charge in [0.1, 0.15) is 23.3 Å². The number of hydrogen-bond donors (Lipinski definition) is 8. The Morgan fingerprint density at radius 2 is 1.35 bits per heavy atom. The van der Waals surface area contributed by atoms with Crippen molar-refractivity contribution >= 4 is 53.1 Å². The van der Waals surface area contributed by atoms with Crippen molar-refractivity contribution < 1.29 is 58.7 Å². The van der Waals surface area contributed by atoms with E-state index in [-0.39, 0.29) is 55.5 Å². The predicted octanol–water partition coefficient (Wildman–Crippen LogP) is 3.26. The Hall–Kier alpha value is -6.17. The van der Waals surface area contributed by atoms with Gasteiger partial charge in [0.05, 0.1) is 63.1 Å². The number of carboxylic acids is 3. The van der Waals surface area contributed by atoms with Gasteiger partial charge < -0.3 is 61.3 Å². The number of amides is 2. The molecule has 5 rings (SSSR count). The van der Waals surface area contributed by atoms with Crippen molar-refractivity contribution in [3.63, 3.8) is 0 Å². The number of anilines is 1. The first-order valence-electron chi connectivity index (χ1n) is 27.6. The maximum atomic E-state index is 14.2. The quantitative estimate of drug-likeness (QED) is 0.0290. The van der Waals surface area contributed by atoms with Crippen molar-refractivity contribution in [3.8, 4) is 11.5 Å². The topological polar surface area (TPSA) is 292 Å². The van der Waals surface area contributed by atoms with Crippen LogP contribution in [0.5, 0.6) is 11.5 Å². The number of benzene rings is 2. The SMILES string of the molecule is CO.COc1cccc(OC)c1C(/C=C(\N)C(=O)NC1(C(=O)O)C(C)CC2CC(C)CC1C2)=Nc1ccc(NCCCN(C)CCCNC(=O)CN2CCN(CC(=O)O)CCN(CC=O)CCN(CC(=O)O)CC2)cc1C(C)C. The number of rotatable bonds is 26. The third-order valence-electron chi connectivity index (χ3n) is 15.4. The number of nitrogens with zero attached hydrogens (tertiary/aromatic N) is 6. The van der Waals surface area contributed by atoms with Gasteiger partial charge in [0.2, 0.25) is 5.91 Å². The zero-order chi connectivity index (χ0) is 58.2. The van der Waals surface area contributed by atoms with Crippen molar-refractivity contribution in [3.05, 3.63) is 59.3 Å². The zero-order valence-corrected chi connectivity index (χ0v) is 47.9. The average Bonchev–Trinajstić information content (AvgIpc) is 3.52. The van der Waals surface area contributed by atoms with Crippen LogP contribution < -0.4 is 31.2 Å². The Kier molecular flexibility index (Phi) is 27.1. The Balaban J connectivity index is 0.00000664. The Bertz CT molecular complexity index is 2330. The van der Waals surface area contributed by atoms with Crippen LogP contribution in [0, 0.1) is 23.7 Å². The molecule has 0 radical (unpaired) electrons. The molecule has 79 heavy (non-hydrogen) atoms. The molecule has 1 heterocycles. The molecule has 3 fully saturated rings. The number of fused-ring (bicyclic) bond motifs is 2. The highest BCUT2D eigenvalue weighted by molar-refractivity contribution is 6.16. The number of aliphatic hydroxyl groups is 1. The van der Waals surface area contributed by atoms with Gasteiger partial charge in [-0.25, -0.2) is 9.79 Å². The molecule has 5 atom stereocenters. The van der Waals surface area contributed by atoms with Crippen LogP contribution in [0.25, 0.3) is 0 Å². The van der Waals surface area contributed by atoms with Gasteiger partial charge in [-0.1, -0.05) is 33.8 Å². The molecule has 22 nitrogen and oxygen atoms in total. The Labute approximate surface area is 466 Å². The van der Waals surface area contributed by atoms with Gasteiger partial charge >= 0.3 is 17.9 Å². The standard InChI is InChI=1S/C56H86N10O11.CH4O/c1-38(2)44-33-43(58-15-9-17-62(5)18-10-16-59-50(68)35-64-23-25-65(36-51(69)70)21-19-63(27-28-67)20-22-66(26-24-64)37-52(71)72)13-14-46(44)60-47(53-48(76-6)11-8-12-49(53)77-7)34-45(57)54(73)61-56(55(74)75)40(4)31-41-29-39(3)30-42(56)32-41;1-2/h8,11-14,28,33-34,38-42,58H,9-10,15-27,29-32,35-37,57H2,1-7H3,(H,59,68)(H,61,73)(H,69,70)(H,71,72)(H,74,75);2H,1H3/b45-34-,60-47?;. The number of allylic oxidation sites excluding steroid dienone is 1. The third-order valence-corrected chi connectivity index (χ3v) is 15.4. The number of ether oxygens (including phenoxy) is 2.